The molecule has 0 aromatic rings. The molecule has 2 aliphatic carbocycles. The van der Waals surface area contributed by atoms with Crippen LogP contribution in [0.2, 0.25) is 0 Å². The summed E-state index contributed by atoms with van der Waals surface area (Å²) in [5, 5.41) is 21.0. The van der Waals surface area contributed by atoms with Gasteiger partial charge in [0.2, 0.25) is 0 Å². The van der Waals surface area contributed by atoms with Crippen molar-refractivity contribution in [1.29, 1.82) is 0 Å². The molecule has 6 atom stereocenters. The molecule has 0 amide bonds. The van der Waals surface area contributed by atoms with Crippen LogP contribution in [0.5, 0.6) is 0 Å². The minimum Gasteiger partial charge on any atom is -0.458 e. The fourth-order valence-electron chi connectivity index (χ4n) is 4.23. The molecule has 104 valence electrons. The summed E-state index contributed by atoms with van der Waals surface area (Å²) in [4.78, 5) is 11.6. The SMILES string of the molecule is C=C1C(=O)O[C@H]2C[C@]3(C)C(C(C)=CC[C@H]3O)[C@@H](O)[C@@H]12. The van der Waals surface area contributed by atoms with E-state index in [1.807, 2.05) is 19.9 Å². The number of fused-ring (bicyclic) bond motifs is 2. The summed E-state index contributed by atoms with van der Waals surface area (Å²) in [7, 11) is 0. The largest absolute Gasteiger partial charge is 0.458 e. The average Bonchev–Trinajstić information content (AvgIpc) is 2.60. The van der Waals surface area contributed by atoms with E-state index in [0.29, 0.717) is 18.4 Å². The molecule has 0 aromatic carbocycles. The minimum absolute atomic E-state index is 0.135. The predicted molar refractivity (Wildman–Crippen MR) is 69.1 cm³/mol. The zero-order valence-corrected chi connectivity index (χ0v) is 11.3. The number of esters is 1. The van der Waals surface area contributed by atoms with Gasteiger partial charge in [-0.15, -0.1) is 0 Å². The van der Waals surface area contributed by atoms with Gasteiger partial charge in [-0.25, -0.2) is 4.79 Å². The smallest absolute Gasteiger partial charge is 0.334 e. The van der Waals surface area contributed by atoms with Gasteiger partial charge in [0.05, 0.1) is 18.1 Å². The number of aliphatic hydroxyl groups excluding tert-OH is 2. The molecule has 4 nitrogen and oxygen atoms in total. The normalized spacial score (nSPS) is 49.3. The lowest BCUT2D eigenvalue weighted by Crippen LogP contribution is -2.56. The first-order valence-corrected chi connectivity index (χ1v) is 6.79. The van der Waals surface area contributed by atoms with Crippen LogP contribution in [0, 0.1) is 17.3 Å². The van der Waals surface area contributed by atoms with E-state index in [1.165, 1.54) is 0 Å². The Kier molecular flexibility index (Phi) is 2.67. The van der Waals surface area contributed by atoms with Crippen LogP contribution in [0.4, 0.5) is 0 Å². The third kappa shape index (κ3) is 1.56. The Morgan fingerprint density at radius 3 is 2.84 bits per heavy atom. The van der Waals surface area contributed by atoms with Crippen molar-refractivity contribution >= 4 is 5.97 Å². The van der Waals surface area contributed by atoms with E-state index in [9.17, 15) is 15.0 Å². The van der Waals surface area contributed by atoms with Crippen molar-refractivity contribution in [3.05, 3.63) is 23.8 Å². The molecule has 1 unspecified atom stereocenters. The zero-order valence-electron chi connectivity index (χ0n) is 11.3. The van der Waals surface area contributed by atoms with E-state index in [4.69, 9.17) is 4.74 Å². The summed E-state index contributed by atoms with van der Waals surface area (Å²) < 4.78 is 5.32. The Balaban J connectivity index is 2.04. The topological polar surface area (TPSA) is 66.8 Å². The van der Waals surface area contributed by atoms with Crippen LogP contribution in [-0.2, 0) is 9.53 Å². The zero-order chi connectivity index (χ0) is 13.9. The molecule has 0 aromatic heterocycles. The fraction of sp³-hybridized carbons (Fsp3) is 0.667. The molecular formula is C15H20O4. The van der Waals surface area contributed by atoms with Crippen LogP contribution in [0.25, 0.3) is 0 Å². The Labute approximate surface area is 112 Å². The first-order chi connectivity index (χ1) is 8.86. The van der Waals surface area contributed by atoms with Gasteiger partial charge in [-0.05, 0) is 19.8 Å². The number of hydrogen-bond donors (Lipinski definition) is 2. The minimum atomic E-state index is -0.714. The molecule has 0 radical (unpaired) electrons. The second-order valence-electron chi connectivity index (χ2n) is 6.37. The van der Waals surface area contributed by atoms with Crippen LogP contribution >= 0.6 is 0 Å². The van der Waals surface area contributed by atoms with E-state index >= 15 is 0 Å². The van der Waals surface area contributed by atoms with Crippen molar-refractivity contribution in [1.82, 2.24) is 0 Å². The molecule has 1 saturated carbocycles. The van der Waals surface area contributed by atoms with Gasteiger partial charge in [0.15, 0.2) is 0 Å². The van der Waals surface area contributed by atoms with Gasteiger partial charge >= 0.3 is 5.97 Å². The monoisotopic (exact) mass is 264 g/mol. The molecule has 2 N–H and O–H groups in total. The highest BCUT2D eigenvalue weighted by Gasteiger charge is 2.59. The molecule has 4 heteroatoms. The number of aliphatic hydroxyl groups is 2. The molecule has 0 bridgehead atoms. The number of rotatable bonds is 0. The van der Waals surface area contributed by atoms with Crippen molar-refractivity contribution < 1.29 is 19.7 Å². The van der Waals surface area contributed by atoms with Gasteiger partial charge in [0.25, 0.3) is 0 Å². The number of carbonyl (C=O) groups is 1. The van der Waals surface area contributed by atoms with Crippen molar-refractivity contribution in [2.75, 3.05) is 0 Å². The van der Waals surface area contributed by atoms with Gasteiger partial charge in [0.1, 0.15) is 6.10 Å². The van der Waals surface area contributed by atoms with E-state index < -0.39 is 23.6 Å². The average molecular weight is 264 g/mol. The lowest BCUT2D eigenvalue weighted by molar-refractivity contribution is -0.154. The van der Waals surface area contributed by atoms with Crippen molar-refractivity contribution in [2.24, 2.45) is 17.3 Å². The highest BCUT2D eigenvalue weighted by molar-refractivity contribution is 5.91. The number of ether oxygens (including phenoxy) is 1. The van der Waals surface area contributed by atoms with Crippen LogP contribution in [0.3, 0.4) is 0 Å². The van der Waals surface area contributed by atoms with Crippen LogP contribution in [0.1, 0.15) is 26.7 Å². The molecule has 1 saturated heterocycles. The predicted octanol–water partition coefficient (Wildman–Crippen LogP) is 1.18. The standard InChI is InChI=1S/C15H20O4/c1-7-4-5-10(16)15(3)6-9-11(13(17)12(7)15)8(2)14(18)19-9/h4,9-13,16-17H,2,5-6H2,1,3H3/t9-,10+,11-,12?,13-,15-/m0/s1. The highest BCUT2D eigenvalue weighted by atomic mass is 16.6. The van der Waals surface area contributed by atoms with Gasteiger partial charge < -0.3 is 14.9 Å². The molecule has 0 spiro atoms. The summed E-state index contributed by atoms with van der Waals surface area (Å²) in [6.45, 7) is 7.72. The van der Waals surface area contributed by atoms with Crippen molar-refractivity contribution in [3.63, 3.8) is 0 Å². The van der Waals surface area contributed by atoms with Crippen molar-refractivity contribution in [3.8, 4) is 0 Å². The second-order valence-corrected chi connectivity index (χ2v) is 6.37. The molecule has 1 aliphatic heterocycles. The van der Waals surface area contributed by atoms with Crippen molar-refractivity contribution in [2.45, 2.75) is 45.0 Å². The lowest BCUT2D eigenvalue weighted by Gasteiger charge is -2.53. The molecule has 3 aliphatic rings. The maximum absolute atomic E-state index is 11.6. The lowest BCUT2D eigenvalue weighted by atomic mass is 9.54. The summed E-state index contributed by atoms with van der Waals surface area (Å²) in [6, 6.07) is 0. The van der Waals surface area contributed by atoms with E-state index in [2.05, 4.69) is 6.58 Å². The highest BCUT2D eigenvalue weighted by Crippen LogP contribution is 2.55. The maximum Gasteiger partial charge on any atom is 0.334 e. The van der Waals surface area contributed by atoms with Crippen LogP contribution in [0.15, 0.2) is 23.8 Å². The third-order valence-corrected chi connectivity index (χ3v) is 5.30. The van der Waals surface area contributed by atoms with Gasteiger partial charge in [0, 0.05) is 16.9 Å². The van der Waals surface area contributed by atoms with Crippen LogP contribution in [-0.4, -0.2) is 34.5 Å². The molecule has 2 fully saturated rings. The molecule has 19 heavy (non-hydrogen) atoms. The van der Waals surface area contributed by atoms with Gasteiger partial charge in [-0.2, -0.15) is 0 Å². The van der Waals surface area contributed by atoms with E-state index in [1.54, 1.807) is 0 Å². The van der Waals surface area contributed by atoms with Crippen LogP contribution < -0.4 is 0 Å². The molecule has 3 rings (SSSR count). The Bertz CT molecular complexity index is 481. The first kappa shape index (κ1) is 12.9. The van der Waals surface area contributed by atoms with E-state index in [-0.39, 0.29) is 17.9 Å². The molecule has 1 heterocycles. The summed E-state index contributed by atoms with van der Waals surface area (Å²) in [6.07, 6.45) is 1.59. The van der Waals surface area contributed by atoms with E-state index in [0.717, 1.165) is 5.57 Å². The number of hydrogen-bond acceptors (Lipinski definition) is 4. The maximum atomic E-state index is 11.6. The Hall–Kier alpha value is -1.13. The third-order valence-electron chi connectivity index (χ3n) is 5.30. The molecular weight excluding hydrogens is 244 g/mol. The second kappa shape index (κ2) is 3.93. The summed E-state index contributed by atoms with van der Waals surface area (Å²) >= 11 is 0. The Morgan fingerprint density at radius 1 is 1.47 bits per heavy atom. The summed E-state index contributed by atoms with van der Waals surface area (Å²) in [5.74, 6) is -0.879. The van der Waals surface area contributed by atoms with Gasteiger partial charge in [-0.3, -0.25) is 0 Å². The Morgan fingerprint density at radius 2 is 2.16 bits per heavy atom. The summed E-state index contributed by atoms with van der Waals surface area (Å²) in [5.41, 5.74) is 1.02. The number of carbonyl (C=O) groups excluding carboxylic acids is 1. The first-order valence-electron chi connectivity index (χ1n) is 6.79. The quantitative estimate of drug-likeness (QED) is 0.392. The van der Waals surface area contributed by atoms with Gasteiger partial charge in [-0.1, -0.05) is 25.2 Å². The fourth-order valence-corrected chi connectivity index (χ4v) is 4.23.